The molecule has 0 aliphatic heterocycles. The van der Waals surface area contributed by atoms with E-state index in [0.29, 0.717) is 6.29 Å². The number of carbonyl (C=O) groups excluding carboxylic acids is 1. The van der Waals surface area contributed by atoms with E-state index in [2.05, 4.69) is 0 Å². The summed E-state index contributed by atoms with van der Waals surface area (Å²) in [6, 6.07) is 2.54. The first-order valence-electron chi connectivity index (χ1n) is 3.61. The van der Waals surface area contributed by atoms with E-state index in [1.54, 1.807) is 0 Å². The molecule has 0 heterocycles. The Labute approximate surface area is 80.3 Å². The van der Waals surface area contributed by atoms with E-state index < -0.39 is 5.82 Å². The molecule has 0 amide bonds. The first kappa shape index (κ1) is 10.2. The number of halogens is 2. The molecule has 2 nitrogen and oxygen atoms in total. The molecule has 13 heavy (non-hydrogen) atoms. The molecule has 70 valence electrons. The minimum absolute atomic E-state index is 0.101. The summed E-state index contributed by atoms with van der Waals surface area (Å²) in [7, 11) is 1.45. The highest BCUT2D eigenvalue weighted by Gasteiger charge is 2.08. The van der Waals surface area contributed by atoms with Crippen LogP contribution in [0.15, 0.2) is 12.1 Å². The van der Waals surface area contributed by atoms with Gasteiger partial charge in [-0.1, -0.05) is 11.6 Å². The quantitative estimate of drug-likeness (QED) is 0.704. The highest BCUT2D eigenvalue weighted by atomic mass is 35.5. The fourth-order valence-corrected chi connectivity index (χ4v) is 1.24. The molecule has 0 aliphatic rings. The number of rotatable bonds is 3. The first-order valence-corrected chi connectivity index (χ1v) is 3.99. The van der Waals surface area contributed by atoms with Crippen molar-refractivity contribution in [2.75, 3.05) is 7.11 Å². The predicted molar refractivity (Wildman–Crippen MR) is 47.5 cm³/mol. The van der Waals surface area contributed by atoms with Crippen LogP contribution in [0.4, 0.5) is 4.39 Å². The molecular formula is C9H8ClFO2. The Hall–Kier alpha value is -0.930. The first-order chi connectivity index (χ1) is 6.19. The van der Waals surface area contributed by atoms with Gasteiger partial charge in [0.25, 0.3) is 0 Å². The molecule has 1 rings (SSSR count). The zero-order valence-electron chi connectivity index (χ0n) is 7.01. The smallest absolute Gasteiger partial charge is 0.150 e. The molecule has 0 saturated carbocycles. The summed E-state index contributed by atoms with van der Waals surface area (Å²) in [6.07, 6.45) is 0.547. The molecule has 0 radical (unpaired) electrons. The third-order valence-corrected chi connectivity index (χ3v) is 1.93. The predicted octanol–water partition coefficient (Wildman–Crippen LogP) is 2.44. The van der Waals surface area contributed by atoms with Crippen molar-refractivity contribution < 1.29 is 13.9 Å². The van der Waals surface area contributed by atoms with E-state index in [1.165, 1.54) is 13.2 Å². The van der Waals surface area contributed by atoms with Crippen molar-refractivity contribution in [3.63, 3.8) is 0 Å². The molecule has 4 heteroatoms. The fraction of sp³-hybridized carbons (Fsp3) is 0.222. The second kappa shape index (κ2) is 4.35. The Morgan fingerprint density at radius 2 is 2.31 bits per heavy atom. The van der Waals surface area contributed by atoms with Crippen molar-refractivity contribution >= 4 is 17.9 Å². The van der Waals surface area contributed by atoms with Crippen molar-refractivity contribution in [2.24, 2.45) is 0 Å². The number of methoxy groups -OCH3 is 1. The van der Waals surface area contributed by atoms with Gasteiger partial charge < -0.3 is 4.74 Å². The van der Waals surface area contributed by atoms with Crippen molar-refractivity contribution in [3.05, 3.63) is 34.1 Å². The lowest BCUT2D eigenvalue weighted by Gasteiger charge is -2.04. The third-order valence-electron chi connectivity index (χ3n) is 1.59. The number of ether oxygens (including phenoxy) is 1. The lowest BCUT2D eigenvalue weighted by molar-refractivity contribution is 0.112. The van der Waals surface area contributed by atoms with Crippen molar-refractivity contribution in [1.29, 1.82) is 0 Å². The summed E-state index contributed by atoms with van der Waals surface area (Å²) in [5.41, 5.74) is 0.497. The molecule has 1 aromatic rings. The molecule has 0 atom stereocenters. The van der Waals surface area contributed by atoms with Gasteiger partial charge in [0.1, 0.15) is 12.1 Å². The zero-order valence-corrected chi connectivity index (χ0v) is 7.77. The zero-order chi connectivity index (χ0) is 9.84. The average molecular weight is 203 g/mol. The minimum Gasteiger partial charge on any atom is -0.380 e. The van der Waals surface area contributed by atoms with Gasteiger partial charge in [0.15, 0.2) is 0 Å². The second-order valence-electron chi connectivity index (χ2n) is 2.51. The molecule has 0 bridgehead atoms. The van der Waals surface area contributed by atoms with Crippen LogP contribution in [0.3, 0.4) is 0 Å². The third kappa shape index (κ3) is 2.26. The van der Waals surface area contributed by atoms with Gasteiger partial charge in [-0.05, 0) is 12.1 Å². The van der Waals surface area contributed by atoms with E-state index in [4.69, 9.17) is 16.3 Å². The van der Waals surface area contributed by atoms with Gasteiger partial charge >= 0.3 is 0 Å². The summed E-state index contributed by atoms with van der Waals surface area (Å²) < 4.78 is 17.9. The van der Waals surface area contributed by atoms with E-state index in [1.807, 2.05) is 0 Å². The largest absolute Gasteiger partial charge is 0.380 e. The molecule has 0 aromatic heterocycles. The lowest BCUT2D eigenvalue weighted by atomic mass is 10.1. The van der Waals surface area contributed by atoms with Crippen molar-refractivity contribution in [1.82, 2.24) is 0 Å². The van der Waals surface area contributed by atoms with Crippen LogP contribution in [0.25, 0.3) is 0 Å². The highest BCUT2D eigenvalue weighted by molar-refractivity contribution is 6.31. The van der Waals surface area contributed by atoms with Crippen LogP contribution in [-0.2, 0) is 11.3 Å². The Morgan fingerprint density at radius 3 is 2.77 bits per heavy atom. The number of hydrogen-bond acceptors (Lipinski definition) is 2. The van der Waals surface area contributed by atoms with Gasteiger partial charge in [-0.25, -0.2) is 4.39 Å². The van der Waals surface area contributed by atoms with Crippen molar-refractivity contribution in [3.8, 4) is 0 Å². The maximum atomic E-state index is 13.2. The number of carbonyl (C=O) groups is 1. The van der Waals surface area contributed by atoms with E-state index >= 15 is 0 Å². The highest BCUT2D eigenvalue weighted by Crippen LogP contribution is 2.21. The summed E-state index contributed by atoms with van der Waals surface area (Å²) in [4.78, 5) is 10.3. The van der Waals surface area contributed by atoms with E-state index in [0.717, 1.165) is 6.07 Å². The Bertz CT molecular complexity index is 302. The summed E-state index contributed by atoms with van der Waals surface area (Å²) in [5, 5.41) is 0.212. The number of hydrogen-bond donors (Lipinski definition) is 0. The second-order valence-corrected chi connectivity index (χ2v) is 2.92. The minimum atomic E-state index is -0.517. The van der Waals surface area contributed by atoms with Crippen LogP contribution in [0.1, 0.15) is 15.9 Å². The van der Waals surface area contributed by atoms with E-state index in [-0.39, 0.29) is 22.8 Å². The number of benzene rings is 1. The van der Waals surface area contributed by atoms with Crippen LogP contribution >= 0.6 is 11.6 Å². The topological polar surface area (TPSA) is 26.3 Å². The molecule has 1 aromatic carbocycles. The van der Waals surface area contributed by atoms with Crippen molar-refractivity contribution in [2.45, 2.75) is 6.61 Å². The normalized spacial score (nSPS) is 10.1. The summed E-state index contributed by atoms with van der Waals surface area (Å²) in [6.45, 7) is 0.101. The molecule has 0 unspecified atom stereocenters. The van der Waals surface area contributed by atoms with Crippen LogP contribution in [-0.4, -0.2) is 13.4 Å². The summed E-state index contributed by atoms with van der Waals surface area (Å²) >= 11 is 5.71. The summed E-state index contributed by atoms with van der Waals surface area (Å²) in [5.74, 6) is -0.517. The molecule has 0 N–H and O–H groups in total. The van der Waals surface area contributed by atoms with E-state index in [9.17, 15) is 9.18 Å². The Kier molecular flexibility index (Phi) is 3.39. The molecule has 0 spiro atoms. The van der Waals surface area contributed by atoms with Gasteiger partial charge in [0.2, 0.25) is 0 Å². The lowest BCUT2D eigenvalue weighted by Crippen LogP contribution is -1.96. The van der Waals surface area contributed by atoms with Gasteiger partial charge in [0.05, 0.1) is 6.61 Å². The maximum absolute atomic E-state index is 13.2. The van der Waals surface area contributed by atoms with Gasteiger partial charge in [0, 0.05) is 23.3 Å². The van der Waals surface area contributed by atoms with Crippen LogP contribution in [0, 0.1) is 5.82 Å². The Balaban J connectivity index is 3.14. The molecular weight excluding hydrogens is 195 g/mol. The van der Waals surface area contributed by atoms with Crippen LogP contribution < -0.4 is 0 Å². The standard InChI is InChI=1S/C9H8ClFO2/c1-13-5-7-8(10)2-6(4-12)3-9(7)11/h2-4H,5H2,1H3. The number of aldehydes is 1. The fourth-order valence-electron chi connectivity index (χ4n) is 0.973. The van der Waals surface area contributed by atoms with Crippen LogP contribution in [0.5, 0.6) is 0 Å². The maximum Gasteiger partial charge on any atom is 0.150 e. The SMILES string of the molecule is COCc1c(F)cc(C=O)cc1Cl. The Morgan fingerprint density at radius 1 is 1.62 bits per heavy atom. The van der Waals surface area contributed by atoms with Crippen LogP contribution in [0.2, 0.25) is 5.02 Å². The molecule has 0 saturated heterocycles. The monoisotopic (exact) mass is 202 g/mol. The van der Waals surface area contributed by atoms with Gasteiger partial charge in [-0.2, -0.15) is 0 Å². The molecule has 0 fully saturated rings. The molecule has 0 aliphatic carbocycles. The van der Waals surface area contributed by atoms with Gasteiger partial charge in [-0.15, -0.1) is 0 Å². The van der Waals surface area contributed by atoms with Gasteiger partial charge in [-0.3, -0.25) is 4.79 Å². The average Bonchev–Trinajstić information content (AvgIpc) is 2.11.